The van der Waals surface area contributed by atoms with Crippen LogP contribution in [0.15, 0.2) is 49.7 Å². The summed E-state index contributed by atoms with van der Waals surface area (Å²) >= 11 is 0. The Hall–Kier alpha value is -2.93. The molecule has 184 valence electrons. The fourth-order valence-corrected chi connectivity index (χ4v) is 3.77. The Balaban J connectivity index is 1.48. The lowest BCUT2D eigenvalue weighted by molar-refractivity contribution is -0.299. The molecule has 0 bridgehead atoms. The molecule has 1 saturated heterocycles. The van der Waals surface area contributed by atoms with Gasteiger partial charge in [0, 0.05) is 6.07 Å². The molecule has 4 rings (SSSR count). The summed E-state index contributed by atoms with van der Waals surface area (Å²) in [5.74, 6) is 0.738. The van der Waals surface area contributed by atoms with Crippen molar-refractivity contribution < 1.29 is 48.2 Å². The molecular weight excluding hydrogens is 452 g/mol. The van der Waals surface area contributed by atoms with Gasteiger partial charge in [-0.25, -0.2) is 4.79 Å². The molecule has 1 aliphatic rings. The predicted octanol–water partition coefficient (Wildman–Crippen LogP) is 0.689. The van der Waals surface area contributed by atoms with E-state index in [0.29, 0.717) is 27.7 Å². The Morgan fingerprint density at radius 3 is 2.56 bits per heavy atom. The number of ether oxygens (including phenoxy) is 4. The summed E-state index contributed by atoms with van der Waals surface area (Å²) in [4.78, 5) is 11.8. The zero-order chi connectivity index (χ0) is 24.4. The highest BCUT2D eigenvalue weighted by Gasteiger charge is 2.43. The van der Waals surface area contributed by atoms with Crippen LogP contribution < -0.4 is 15.1 Å². The van der Waals surface area contributed by atoms with E-state index in [1.54, 1.807) is 25.1 Å². The largest absolute Gasteiger partial charge is 0.495 e. The molecule has 0 saturated carbocycles. The van der Waals surface area contributed by atoms with Crippen LogP contribution in [0.2, 0.25) is 0 Å². The van der Waals surface area contributed by atoms with Crippen LogP contribution in [0.1, 0.15) is 6.92 Å². The molecule has 5 atom stereocenters. The van der Waals surface area contributed by atoms with Crippen molar-refractivity contribution in [3.8, 4) is 11.5 Å². The van der Waals surface area contributed by atoms with Crippen LogP contribution in [0.4, 0.5) is 0 Å². The first kappa shape index (κ1) is 24.2. The Morgan fingerprint density at radius 1 is 1.06 bits per heavy atom. The summed E-state index contributed by atoms with van der Waals surface area (Å²) < 4.78 is 33.1. The van der Waals surface area contributed by atoms with E-state index in [1.807, 2.05) is 0 Å². The van der Waals surface area contributed by atoms with Gasteiger partial charge in [0.25, 0.3) is 0 Å². The molecule has 0 radical (unpaired) electrons. The Bertz CT molecular complexity index is 1220. The number of methoxy groups -OCH3 is 1. The van der Waals surface area contributed by atoms with E-state index in [0.717, 1.165) is 0 Å². The average molecular weight is 478 g/mol. The highest BCUT2D eigenvalue weighted by atomic mass is 16.7. The first-order chi connectivity index (χ1) is 16.3. The van der Waals surface area contributed by atoms with Gasteiger partial charge in [-0.05, 0) is 30.7 Å². The number of hydrogen-bond donors (Lipinski definition) is 4. The van der Waals surface area contributed by atoms with Crippen molar-refractivity contribution in [3.63, 3.8) is 0 Å². The van der Waals surface area contributed by atoms with Gasteiger partial charge >= 0.3 is 5.63 Å². The van der Waals surface area contributed by atoms with E-state index in [9.17, 15) is 25.2 Å². The quantitative estimate of drug-likeness (QED) is 0.266. The van der Waals surface area contributed by atoms with Gasteiger partial charge < -0.3 is 48.2 Å². The van der Waals surface area contributed by atoms with E-state index < -0.39 is 42.9 Å². The normalized spacial score (nSPS) is 25.7. The molecule has 1 aliphatic heterocycles. The monoisotopic (exact) mass is 478 g/mol. The molecular formula is C23H26O11. The number of fused-ring (bicyclic) bond motifs is 2. The molecule has 11 heteroatoms. The smallest absolute Gasteiger partial charge is 0.336 e. The van der Waals surface area contributed by atoms with E-state index in [1.165, 1.54) is 19.4 Å². The van der Waals surface area contributed by atoms with Gasteiger partial charge in [0.1, 0.15) is 36.8 Å². The maximum Gasteiger partial charge on any atom is 0.336 e. The van der Waals surface area contributed by atoms with Crippen molar-refractivity contribution in [3.05, 3.63) is 46.5 Å². The third-order valence-electron chi connectivity index (χ3n) is 5.59. The highest BCUT2D eigenvalue weighted by molar-refractivity contribution is 6.06. The molecule has 1 fully saturated rings. The fourth-order valence-electron chi connectivity index (χ4n) is 3.77. The van der Waals surface area contributed by atoms with Crippen LogP contribution in [-0.4, -0.2) is 78.1 Å². The molecule has 0 amide bonds. The topological polar surface area (TPSA) is 161 Å². The molecule has 4 N–H and O–H groups in total. The third kappa shape index (κ3) is 4.53. The average Bonchev–Trinajstić information content (AvgIpc) is 3.31. The van der Waals surface area contributed by atoms with E-state index in [-0.39, 0.29) is 24.5 Å². The lowest BCUT2D eigenvalue weighted by Gasteiger charge is -2.39. The summed E-state index contributed by atoms with van der Waals surface area (Å²) in [7, 11) is 1.51. The summed E-state index contributed by atoms with van der Waals surface area (Å²) in [6.07, 6.45) is -3.56. The van der Waals surface area contributed by atoms with Crippen molar-refractivity contribution in [1.82, 2.24) is 0 Å². The van der Waals surface area contributed by atoms with Crippen LogP contribution in [-0.2, 0) is 9.47 Å². The SMILES string of the molecule is COc1c2ccoc2c(OC/C=C(/C)CO[C@@H]2O[C@H](CO)[C@@H](O)[C@H](O)[C@H]2O)c2oc(=O)ccc12. The van der Waals surface area contributed by atoms with E-state index >= 15 is 0 Å². The minimum Gasteiger partial charge on any atom is -0.495 e. The van der Waals surface area contributed by atoms with Crippen LogP contribution in [0.25, 0.3) is 21.9 Å². The minimum absolute atomic E-state index is 0.0145. The second-order valence-electron chi connectivity index (χ2n) is 7.89. The molecule has 11 nitrogen and oxygen atoms in total. The summed E-state index contributed by atoms with van der Waals surface area (Å²) in [5.41, 5.74) is 0.703. The molecule has 3 heterocycles. The lowest BCUT2D eigenvalue weighted by atomic mass is 9.99. The van der Waals surface area contributed by atoms with Crippen molar-refractivity contribution in [2.45, 2.75) is 37.6 Å². The number of rotatable bonds is 8. The first-order valence-electron chi connectivity index (χ1n) is 10.6. The summed E-state index contributed by atoms with van der Waals surface area (Å²) in [6.45, 7) is 1.29. The molecule has 0 aliphatic carbocycles. The number of hydrogen-bond acceptors (Lipinski definition) is 11. The van der Waals surface area contributed by atoms with Gasteiger partial charge in [-0.1, -0.05) is 0 Å². The van der Waals surface area contributed by atoms with Gasteiger partial charge in [-0.3, -0.25) is 0 Å². The fraction of sp³-hybridized carbons (Fsp3) is 0.435. The van der Waals surface area contributed by atoms with E-state index in [4.69, 9.17) is 27.8 Å². The number of furan rings is 1. The van der Waals surface area contributed by atoms with E-state index in [2.05, 4.69) is 0 Å². The zero-order valence-corrected chi connectivity index (χ0v) is 18.5. The predicted molar refractivity (Wildman–Crippen MR) is 118 cm³/mol. The van der Waals surface area contributed by atoms with Crippen molar-refractivity contribution in [2.75, 3.05) is 26.9 Å². The molecule has 1 aromatic carbocycles. The van der Waals surface area contributed by atoms with Crippen molar-refractivity contribution >= 4 is 21.9 Å². The van der Waals surface area contributed by atoms with Gasteiger partial charge in [0.15, 0.2) is 17.5 Å². The molecule has 2 aromatic heterocycles. The van der Waals surface area contributed by atoms with Gasteiger partial charge in [-0.15, -0.1) is 0 Å². The Kier molecular flexibility index (Phi) is 7.22. The maximum absolute atomic E-state index is 11.8. The Morgan fingerprint density at radius 2 is 1.82 bits per heavy atom. The molecule has 3 aromatic rings. The van der Waals surface area contributed by atoms with Crippen LogP contribution in [0.5, 0.6) is 11.5 Å². The zero-order valence-electron chi connectivity index (χ0n) is 18.5. The molecule has 0 spiro atoms. The Labute approximate surface area is 193 Å². The summed E-state index contributed by atoms with van der Waals surface area (Å²) in [5, 5.41) is 40.2. The minimum atomic E-state index is -1.52. The second kappa shape index (κ2) is 10.1. The standard InChI is InChI=1S/C23H26O11/c1-11(10-32-23-18(28)17(27)16(26)14(9-24)33-23)5-7-31-22-20-13(6-8-30-20)19(29-2)12-3-4-15(25)34-21(12)22/h3-6,8,14,16-18,23-24,26-28H,7,9-10H2,1-2H3/b11-5-/t14-,16-,17+,18-,23-/m1/s1. The van der Waals surface area contributed by atoms with Crippen molar-refractivity contribution in [2.24, 2.45) is 0 Å². The van der Waals surface area contributed by atoms with Gasteiger partial charge in [0.05, 0.1) is 37.4 Å². The summed E-state index contributed by atoms with van der Waals surface area (Å²) in [6, 6.07) is 4.61. The number of benzene rings is 1. The molecule has 0 unspecified atom stereocenters. The van der Waals surface area contributed by atoms with Crippen LogP contribution >= 0.6 is 0 Å². The van der Waals surface area contributed by atoms with Crippen LogP contribution in [0, 0.1) is 0 Å². The van der Waals surface area contributed by atoms with Crippen molar-refractivity contribution in [1.29, 1.82) is 0 Å². The second-order valence-corrected chi connectivity index (χ2v) is 7.89. The third-order valence-corrected chi connectivity index (χ3v) is 5.59. The van der Waals surface area contributed by atoms with Gasteiger partial charge in [0.2, 0.25) is 5.75 Å². The maximum atomic E-state index is 11.8. The number of aliphatic hydroxyl groups is 4. The number of aliphatic hydroxyl groups excluding tert-OH is 4. The molecule has 34 heavy (non-hydrogen) atoms. The highest BCUT2D eigenvalue weighted by Crippen LogP contribution is 2.42. The first-order valence-corrected chi connectivity index (χ1v) is 10.6. The van der Waals surface area contributed by atoms with Crippen LogP contribution in [0.3, 0.4) is 0 Å². The van der Waals surface area contributed by atoms with Gasteiger partial charge in [-0.2, -0.15) is 0 Å². The lowest BCUT2D eigenvalue weighted by Crippen LogP contribution is -2.59.